The van der Waals surface area contributed by atoms with Gasteiger partial charge in [0, 0.05) is 25.7 Å². The van der Waals surface area contributed by atoms with Gasteiger partial charge in [0.05, 0.1) is 6.20 Å². The number of urea groups is 1. The maximum absolute atomic E-state index is 12.3. The molecule has 0 fully saturated rings. The summed E-state index contributed by atoms with van der Waals surface area (Å²) >= 11 is 0. The number of nitrogens with zero attached hydrogens (tertiary/aromatic N) is 3. The molecule has 3 aromatic rings. The van der Waals surface area contributed by atoms with Crippen LogP contribution in [0.2, 0.25) is 0 Å². The molecule has 3 rings (SSSR count). The minimum absolute atomic E-state index is 0.278. The molecule has 9 nitrogen and oxygen atoms in total. The van der Waals surface area contributed by atoms with Crippen molar-refractivity contribution < 1.29 is 9.59 Å². The lowest BCUT2D eigenvalue weighted by Crippen LogP contribution is -2.24. The van der Waals surface area contributed by atoms with Gasteiger partial charge in [0.25, 0.3) is 5.91 Å². The number of nitrogens with one attached hydrogen (secondary N) is 4. The van der Waals surface area contributed by atoms with Crippen LogP contribution in [0.3, 0.4) is 0 Å². The number of benzene rings is 1. The quantitative estimate of drug-likeness (QED) is 0.579. The molecule has 0 aliphatic heterocycles. The first-order chi connectivity index (χ1) is 12.1. The van der Waals surface area contributed by atoms with Crippen LogP contribution in [0.4, 0.5) is 22.1 Å². The van der Waals surface area contributed by atoms with E-state index in [1.54, 1.807) is 37.4 Å². The SMILES string of the molecule is CNC(=O)Nc1cnn2c(NC)cc(NC(=O)c3ccccc3)nc12. The molecule has 2 heterocycles. The second kappa shape index (κ2) is 6.87. The molecule has 0 bridgehead atoms. The molecule has 0 atom stereocenters. The van der Waals surface area contributed by atoms with Crippen LogP contribution in [-0.2, 0) is 0 Å². The van der Waals surface area contributed by atoms with Gasteiger partial charge in [-0.05, 0) is 12.1 Å². The third-order valence-electron chi connectivity index (χ3n) is 3.48. The van der Waals surface area contributed by atoms with Gasteiger partial charge in [-0.25, -0.2) is 9.78 Å². The average Bonchev–Trinajstić information content (AvgIpc) is 3.04. The zero-order chi connectivity index (χ0) is 17.8. The van der Waals surface area contributed by atoms with Crippen LogP contribution in [0.5, 0.6) is 0 Å². The lowest BCUT2D eigenvalue weighted by molar-refractivity contribution is 0.102. The Hall–Kier alpha value is -3.62. The molecule has 0 saturated heterocycles. The van der Waals surface area contributed by atoms with Crippen molar-refractivity contribution in [3.8, 4) is 0 Å². The average molecular weight is 339 g/mol. The summed E-state index contributed by atoms with van der Waals surface area (Å²) in [5, 5.41) is 15.0. The van der Waals surface area contributed by atoms with E-state index in [0.29, 0.717) is 28.5 Å². The second-order valence-corrected chi connectivity index (χ2v) is 5.09. The Kier molecular flexibility index (Phi) is 4.46. The highest BCUT2D eigenvalue weighted by atomic mass is 16.2. The Labute approximate surface area is 143 Å². The second-order valence-electron chi connectivity index (χ2n) is 5.09. The molecule has 2 aromatic heterocycles. The predicted molar refractivity (Wildman–Crippen MR) is 95.0 cm³/mol. The van der Waals surface area contributed by atoms with Crippen LogP contribution < -0.4 is 21.3 Å². The lowest BCUT2D eigenvalue weighted by atomic mass is 10.2. The van der Waals surface area contributed by atoms with Gasteiger partial charge in [-0.1, -0.05) is 18.2 Å². The Morgan fingerprint density at radius 1 is 1.08 bits per heavy atom. The molecule has 0 aliphatic rings. The number of aromatic nitrogens is 3. The summed E-state index contributed by atoms with van der Waals surface area (Å²) in [7, 11) is 3.24. The molecule has 0 spiro atoms. The summed E-state index contributed by atoms with van der Waals surface area (Å²) in [6.07, 6.45) is 1.49. The van der Waals surface area contributed by atoms with E-state index in [0.717, 1.165) is 0 Å². The monoisotopic (exact) mass is 339 g/mol. The van der Waals surface area contributed by atoms with Crippen LogP contribution >= 0.6 is 0 Å². The Morgan fingerprint density at radius 2 is 1.84 bits per heavy atom. The number of amides is 3. The minimum atomic E-state index is -0.388. The Bertz CT molecular complexity index is 921. The van der Waals surface area contributed by atoms with E-state index >= 15 is 0 Å². The summed E-state index contributed by atoms with van der Waals surface area (Å²) < 4.78 is 1.53. The van der Waals surface area contributed by atoms with Crippen LogP contribution in [0.25, 0.3) is 5.65 Å². The Balaban J connectivity index is 1.96. The van der Waals surface area contributed by atoms with E-state index in [1.807, 2.05) is 6.07 Å². The molecule has 3 amide bonds. The molecule has 0 aliphatic carbocycles. The number of anilines is 3. The summed E-state index contributed by atoms with van der Waals surface area (Å²) in [5.74, 6) is 0.671. The largest absolute Gasteiger partial charge is 0.373 e. The summed E-state index contributed by atoms with van der Waals surface area (Å²) in [5.41, 5.74) is 1.35. The van der Waals surface area contributed by atoms with Gasteiger partial charge >= 0.3 is 6.03 Å². The fourth-order valence-electron chi connectivity index (χ4n) is 2.26. The van der Waals surface area contributed by atoms with Crippen molar-refractivity contribution in [2.75, 3.05) is 30.0 Å². The molecule has 128 valence electrons. The van der Waals surface area contributed by atoms with Crippen molar-refractivity contribution in [2.45, 2.75) is 0 Å². The number of carbonyl (C=O) groups excluding carboxylic acids is 2. The van der Waals surface area contributed by atoms with Crippen LogP contribution in [-0.4, -0.2) is 40.6 Å². The van der Waals surface area contributed by atoms with Gasteiger partial charge < -0.3 is 21.3 Å². The number of fused-ring (bicyclic) bond motifs is 1. The third-order valence-corrected chi connectivity index (χ3v) is 3.48. The predicted octanol–water partition coefficient (Wildman–Crippen LogP) is 1.77. The molecule has 4 N–H and O–H groups in total. The highest BCUT2D eigenvalue weighted by molar-refractivity contribution is 6.04. The lowest BCUT2D eigenvalue weighted by Gasteiger charge is -2.10. The fourth-order valence-corrected chi connectivity index (χ4v) is 2.26. The van der Waals surface area contributed by atoms with E-state index in [4.69, 9.17) is 0 Å². The third kappa shape index (κ3) is 3.34. The van der Waals surface area contributed by atoms with Gasteiger partial charge in [0.1, 0.15) is 17.3 Å². The molecule has 0 saturated carbocycles. The van der Waals surface area contributed by atoms with Gasteiger partial charge in [0.15, 0.2) is 5.65 Å². The smallest absolute Gasteiger partial charge is 0.319 e. The minimum Gasteiger partial charge on any atom is -0.373 e. The first-order valence-corrected chi connectivity index (χ1v) is 7.54. The van der Waals surface area contributed by atoms with Crippen molar-refractivity contribution in [3.05, 3.63) is 48.2 Å². The van der Waals surface area contributed by atoms with Crippen molar-refractivity contribution in [1.82, 2.24) is 19.9 Å². The van der Waals surface area contributed by atoms with Gasteiger partial charge in [-0.15, -0.1) is 0 Å². The highest BCUT2D eigenvalue weighted by Crippen LogP contribution is 2.22. The van der Waals surface area contributed by atoms with E-state index in [9.17, 15) is 9.59 Å². The maximum atomic E-state index is 12.3. The molecule has 0 radical (unpaired) electrons. The first kappa shape index (κ1) is 16.2. The number of rotatable bonds is 4. The number of hydrogen-bond donors (Lipinski definition) is 4. The zero-order valence-electron chi connectivity index (χ0n) is 13.7. The van der Waals surface area contributed by atoms with Crippen molar-refractivity contribution >= 4 is 34.9 Å². The molecule has 1 aromatic carbocycles. The van der Waals surface area contributed by atoms with E-state index in [-0.39, 0.29) is 11.9 Å². The topological polar surface area (TPSA) is 112 Å². The molecular formula is C16H17N7O2. The van der Waals surface area contributed by atoms with Gasteiger partial charge in [-0.3, -0.25) is 4.79 Å². The van der Waals surface area contributed by atoms with Crippen molar-refractivity contribution in [2.24, 2.45) is 0 Å². The number of carbonyl (C=O) groups is 2. The maximum Gasteiger partial charge on any atom is 0.319 e. The van der Waals surface area contributed by atoms with E-state index in [1.165, 1.54) is 17.8 Å². The standard InChI is InChI=1S/C16H17N7O2/c1-17-13-8-12(22-15(24)10-6-4-3-5-7-10)21-14-11(9-19-23(13)14)20-16(25)18-2/h3-9,17H,1-2H3,(H2,18,20,25)(H,21,22,24). The van der Waals surface area contributed by atoms with Crippen LogP contribution in [0.1, 0.15) is 10.4 Å². The summed E-state index contributed by atoms with van der Waals surface area (Å²) in [6.45, 7) is 0. The van der Waals surface area contributed by atoms with Crippen molar-refractivity contribution in [1.29, 1.82) is 0 Å². The first-order valence-electron chi connectivity index (χ1n) is 7.54. The summed E-state index contributed by atoms with van der Waals surface area (Å²) in [4.78, 5) is 28.3. The van der Waals surface area contributed by atoms with E-state index in [2.05, 4.69) is 31.3 Å². The van der Waals surface area contributed by atoms with Gasteiger partial charge in [-0.2, -0.15) is 9.61 Å². The molecule has 0 unspecified atom stereocenters. The number of hydrogen-bond acceptors (Lipinski definition) is 5. The van der Waals surface area contributed by atoms with E-state index < -0.39 is 0 Å². The molecule has 9 heteroatoms. The fraction of sp³-hybridized carbons (Fsp3) is 0.125. The normalized spacial score (nSPS) is 10.3. The van der Waals surface area contributed by atoms with Crippen molar-refractivity contribution in [3.63, 3.8) is 0 Å². The highest BCUT2D eigenvalue weighted by Gasteiger charge is 2.14. The molecular weight excluding hydrogens is 322 g/mol. The summed E-state index contributed by atoms with van der Waals surface area (Å²) in [6, 6.07) is 10.1. The zero-order valence-corrected chi connectivity index (χ0v) is 13.7. The van der Waals surface area contributed by atoms with Crippen LogP contribution in [0.15, 0.2) is 42.6 Å². The molecule has 25 heavy (non-hydrogen) atoms. The Morgan fingerprint density at radius 3 is 2.52 bits per heavy atom. The van der Waals surface area contributed by atoms with Gasteiger partial charge in [0.2, 0.25) is 0 Å². The van der Waals surface area contributed by atoms with Crippen LogP contribution in [0, 0.1) is 0 Å².